The van der Waals surface area contributed by atoms with Crippen molar-refractivity contribution < 1.29 is 15.0 Å². The van der Waals surface area contributed by atoms with Gasteiger partial charge < -0.3 is 10.2 Å². The molecule has 0 heterocycles. The topological polar surface area (TPSA) is 57.5 Å². The summed E-state index contributed by atoms with van der Waals surface area (Å²) in [7, 11) is 0. The fraction of sp³-hybridized carbons (Fsp3) is 0.267. The molecule has 0 saturated carbocycles. The maximum Gasteiger partial charge on any atom is 0.290 e. The Bertz CT molecular complexity index is 441. The molecule has 0 saturated heterocycles. The lowest BCUT2D eigenvalue weighted by Crippen LogP contribution is -1.92. The summed E-state index contributed by atoms with van der Waals surface area (Å²) < 4.78 is 0. The van der Waals surface area contributed by atoms with E-state index in [0.29, 0.717) is 5.75 Å². The Balaban J connectivity index is 0.000000492. The monoisotopic (exact) mass is 246 g/mol. The van der Waals surface area contributed by atoms with Gasteiger partial charge in [0.15, 0.2) is 0 Å². The Morgan fingerprint density at radius 3 is 2.22 bits per heavy atom. The quantitative estimate of drug-likeness (QED) is 0.784. The van der Waals surface area contributed by atoms with Crippen LogP contribution in [0.1, 0.15) is 31.7 Å². The molecule has 18 heavy (non-hydrogen) atoms. The number of allylic oxidation sites excluding steroid dienone is 4. The summed E-state index contributed by atoms with van der Waals surface area (Å²) >= 11 is 0. The summed E-state index contributed by atoms with van der Waals surface area (Å²) in [6, 6.07) is 7.45. The molecule has 0 radical (unpaired) electrons. The lowest BCUT2D eigenvalue weighted by Gasteiger charge is -2.13. The number of hydrogen-bond donors (Lipinski definition) is 2. The van der Waals surface area contributed by atoms with Gasteiger partial charge in [0.05, 0.1) is 0 Å². The van der Waals surface area contributed by atoms with Crippen molar-refractivity contribution in [3.8, 4) is 5.75 Å². The molecule has 2 rings (SSSR count). The molecule has 1 aliphatic rings. The first-order valence-electron chi connectivity index (χ1n) is 5.97. The van der Waals surface area contributed by atoms with Crippen molar-refractivity contribution in [2.24, 2.45) is 0 Å². The molecule has 0 aromatic heterocycles. The Morgan fingerprint density at radius 1 is 1.17 bits per heavy atom. The molecule has 1 aliphatic carbocycles. The van der Waals surface area contributed by atoms with Gasteiger partial charge in [-0.05, 0) is 42.5 Å². The molecule has 3 nitrogen and oxygen atoms in total. The summed E-state index contributed by atoms with van der Waals surface area (Å²) in [5, 5.41) is 16.1. The molecule has 0 bridgehead atoms. The Kier molecular flexibility index (Phi) is 5.71. The number of benzene rings is 1. The van der Waals surface area contributed by atoms with Gasteiger partial charge in [0.1, 0.15) is 5.75 Å². The molecule has 0 spiro atoms. The number of hydrogen-bond acceptors (Lipinski definition) is 2. The van der Waals surface area contributed by atoms with Crippen LogP contribution in [0.4, 0.5) is 0 Å². The summed E-state index contributed by atoms with van der Waals surface area (Å²) in [5.41, 5.74) is 4.11. The SMILES string of the molecule is CCC1=CC=C(c2ccc(O)cc2)CC1.O=CO. The fourth-order valence-corrected chi connectivity index (χ4v) is 1.89. The lowest BCUT2D eigenvalue weighted by molar-refractivity contribution is -0.122. The van der Waals surface area contributed by atoms with Crippen molar-refractivity contribution in [1.82, 2.24) is 0 Å². The van der Waals surface area contributed by atoms with Crippen LogP contribution >= 0.6 is 0 Å². The van der Waals surface area contributed by atoms with Crippen LogP contribution in [0.15, 0.2) is 42.0 Å². The molecule has 0 amide bonds. The van der Waals surface area contributed by atoms with Crippen LogP contribution in [0.3, 0.4) is 0 Å². The fourth-order valence-electron chi connectivity index (χ4n) is 1.89. The maximum absolute atomic E-state index is 9.20. The average Bonchev–Trinajstić information content (AvgIpc) is 2.41. The smallest absolute Gasteiger partial charge is 0.290 e. The number of carbonyl (C=O) groups is 1. The van der Waals surface area contributed by atoms with Crippen molar-refractivity contribution in [2.75, 3.05) is 0 Å². The van der Waals surface area contributed by atoms with E-state index in [-0.39, 0.29) is 6.47 Å². The van der Waals surface area contributed by atoms with Gasteiger partial charge in [0, 0.05) is 0 Å². The summed E-state index contributed by atoms with van der Waals surface area (Å²) in [5.74, 6) is 0.333. The lowest BCUT2D eigenvalue weighted by atomic mass is 9.92. The summed E-state index contributed by atoms with van der Waals surface area (Å²) in [6.45, 7) is 1.95. The molecule has 1 aromatic carbocycles. The summed E-state index contributed by atoms with van der Waals surface area (Å²) in [6.07, 6.45) is 7.87. The molecule has 96 valence electrons. The number of carboxylic acid groups (broad SMARTS) is 1. The third-order valence-corrected chi connectivity index (χ3v) is 2.93. The highest BCUT2D eigenvalue weighted by Crippen LogP contribution is 2.28. The van der Waals surface area contributed by atoms with Gasteiger partial charge in [-0.3, -0.25) is 4.79 Å². The van der Waals surface area contributed by atoms with E-state index in [1.165, 1.54) is 23.1 Å². The van der Waals surface area contributed by atoms with Gasteiger partial charge >= 0.3 is 0 Å². The highest BCUT2D eigenvalue weighted by atomic mass is 16.3. The second kappa shape index (κ2) is 7.33. The van der Waals surface area contributed by atoms with Crippen LogP contribution in [-0.2, 0) is 4.79 Å². The van der Waals surface area contributed by atoms with Crippen LogP contribution in [0.5, 0.6) is 5.75 Å². The van der Waals surface area contributed by atoms with Crippen LogP contribution < -0.4 is 0 Å². The Labute approximate surface area is 107 Å². The number of aromatic hydroxyl groups is 1. The standard InChI is InChI=1S/C14H16O.CH2O2/c1-2-11-3-5-12(6-4-11)13-7-9-14(15)10-8-13;2-1-3/h3,5,7-10,15H,2,4,6H2,1H3;1H,(H,2,3). The van der Waals surface area contributed by atoms with Crippen molar-refractivity contribution in [2.45, 2.75) is 26.2 Å². The summed E-state index contributed by atoms with van der Waals surface area (Å²) in [4.78, 5) is 8.36. The molecule has 3 heteroatoms. The number of phenolic OH excluding ortho intramolecular Hbond substituents is 1. The van der Waals surface area contributed by atoms with Gasteiger partial charge in [-0.25, -0.2) is 0 Å². The number of rotatable bonds is 2. The first-order chi connectivity index (χ1) is 8.71. The maximum atomic E-state index is 9.20. The molecule has 1 aromatic rings. The largest absolute Gasteiger partial charge is 0.508 e. The highest BCUT2D eigenvalue weighted by Gasteiger charge is 2.06. The van der Waals surface area contributed by atoms with E-state index < -0.39 is 0 Å². The predicted molar refractivity (Wildman–Crippen MR) is 72.4 cm³/mol. The van der Waals surface area contributed by atoms with Crippen molar-refractivity contribution in [3.63, 3.8) is 0 Å². The number of phenols is 1. The van der Waals surface area contributed by atoms with Gasteiger partial charge in [-0.1, -0.05) is 36.8 Å². The van der Waals surface area contributed by atoms with E-state index in [4.69, 9.17) is 9.90 Å². The predicted octanol–water partition coefficient (Wildman–Crippen LogP) is 3.61. The molecular formula is C15H18O3. The minimum Gasteiger partial charge on any atom is -0.508 e. The zero-order chi connectivity index (χ0) is 13.4. The zero-order valence-corrected chi connectivity index (χ0v) is 10.5. The van der Waals surface area contributed by atoms with E-state index >= 15 is 0 Å². The molecule has 0 fully saturated rings. The Morgan fingerprint density at radius 2 is 1.78 bits per heavy atom. The first kappa shape index (κ1) is 14.0. The molecule has 0 aliphatic heterocycles. The van der Waals surface area contributed by atoms with Crippen LogP contribution in [0, 0.1) is 0 Å². The molecular weight excluding hydrogens is 228 g/mol. The molecule has 2 N–H and O–H groups in total. The van der Waals surface area contributed by atoms with Crippen LogP contribution in [-0.4, -0.2) is 16.7 Å². The van der Waals surface area contributed by atoms with E-state index in [9.17, 15) is 5.11 Å². The molecule has 0 unspecified atom stereocenters. The average molecular weight is 246 g/mol. The second-order valence-electron chi connectivity index (χ2n) is 4.02. The zero-order valence-electron chi connectivity index (χ0n) is 10.5. The van der Waals surface area contributed by atoms with Gasteiger partial charge in [-0.15, -0.1) is 0 Å². The minimum atomic E-state index is -0.250. The molecule has 0 atom stereocenters. The van der Waals surface area contributed by atoms with Crippen LogP contribution in [0.25, 0.3) is 5.57 Å². The van der Waals surface area contributed by atoms with Crippen LogP contribution in [0.2, 0.25) is 0 Å². The van der Waals surface area contributed by atoms with Gasteiger partial charge in [-0.2, -0.15) is 0 Å². The van der Waals surface area contributed by atoms with Crippen molar-refractivity contribution >= 4 is 12.0 Å². The normalized spacial score (nSPS) is 13.8. The van der Waals surface area contributed by atoms with E-state index in [1.807, 2.05) is 12.1 Å². The van der Waals surface area contributed by atoms with Gasteiger partial charge in [0.2, 0.25) is 0 Å². The van der Waals surface area contributed by atoms with E-state index in [0.717, 1.165) is 12.8 Å². The van der Waals surface area contributed by atoms with Crippen molar-refractivity contribution in [3.05, 3.63) is 47.6 Å². The first-order valence-corrected chi connectivity index (χ1v) is 5.97. The third kappa shape index (κ3) is 4.09. The van der Waals surface area contributed by atoms with E-state index in [1.54, 1.807) is 12.1 Å². The van der Waals surface area contributed by atoms with Crippen molar-refractivity contribution in [1.29, 1.82) is 0 Å². The minimum absolute atomic E-state index is 0.250. The van der Waals surface area contributed by atoms with Gasteiger partial charge in [0.25, 0.3) is 6.47 Å². The highest BCUT2D eigenvalue weighted by molar-refractivity contribution is 5.69. The Hall–Kier alpha value is -2.03. The second-order valence-corrected chi connectivity index (χ2v) is 4.02. The van der Waals surface area contributed by atoms with E-state index in [2.05, 4.69) is 19.1 Å². The third-order valence-electron chi connectivity index (χ3n) is 2.93.